The molecule has 116 valence electrons. The third kappa shape index (κ3) is 3.05. The Bertz CT molecular complexity index is 300. The molecule has 0 aromatic carbocycles. The van der Waals surface area contributed by atoms with Gasteiger partial charge in [-0.1, -0.05) is 26.2 Å². The van der Waals surface area contributed by atoms with Gasteiger partial charge in [0, 0.05) is 29.4 Å². The summed E-state index contributed by atoms with van der Waals surface area (Å²) in [5, 5.41) is 3.72. The zero-order chi connectivity index (χ0) is 14.0. The van der Waals surface area contributed by atoms with Crippen LogP contribution in [0.3, 0.4) is 0 Å². The molecule has 0 amide bonds. The third-order valence-electron chi connectivity index (χ3n) is 6.04. The largest absolute Gasteiger partial charge is 0.314 e. The number of hydrogen-bond donors (Lipinski definition) is 1. The maximum Gasteiger partial charge on any atom is 0.0284 e. The minimum Gasteiger partial charge on any atom is -0.314 e. The molecule has 2 aliphatic heterocycles. The van der Waals surface area contributed by atoms with Crippen molar-refractivity contribution in [3.05, 3.63) is 0 Å². The number of thioether (sulfide) groups is 1. The van der Waals surface area contributed by atoms with Crippen LogP contribution in [0.25, 0.3) is 0 Å². The molecule has 3 aliphatic rings. The average Bonchev–Trinajstić information content (AvgIpc) is 2.89. The predicted molar refractivity (Wildman–Crippen MR) is 89.5 cm³/mol. The van der Waals surface area contributed by atoms with Crippen LogP contribution in [0.2, 0.25) is 0 Å². The summed E-state index contributed by atoms with van der Waals surface area (Å²) in [6.45, 7) is 4.77. The van der Waals surface area contributed by atoms with Gasteiger partial charge < -0.3 is 5.32 Å². The minimum atomic E-state index is 0.596. The summed E-state index contributed by atoms with van der Waals surface area (Å²) in [4.78, 5) is 2.94. The van der Waals surface area contributed by atoms with Crippen LogP contribution >= 0.6 is 11.8 Å². The summed E-state index contributed by atoms with van der Waals surface area (Å²) in [6.07, 6.45) is 15.4. The average molecular weight is 297 g/mol. The van der Waals surface area contributed by atoms with Gasteiger partial charge in [-0.2, -0.15) is 11.8 Å². The topological polar surface area (TPSA) is 15.3 Å². The number of nitrogens with zero attached hydrogens (tertiary/aromatic N) is 1. The number of piperidine rings is 2. The fraction of sp³-hybridized carbons (Fsp3) is 1.00. The van der Waals surface area contributed by atoms with E-state index in [1.807, 2.05) is 0 Å². The van der Waals surface area contributed by atoms with Crippen molar-refractivity contribution in [3.8, 4) is 0 Å². The second-order valence-corrected chi connectivity index (χ2v) is 8.51. The summed E-state index contributed by atoms with van der Waals surface area (Å²) >= 11 is 2.17. The van der Waals surface area contributed by atoms with E-state index in [-0.39, 0.29) is 0 Å². The smallest absolute Gasteiger partial charge is 0.0284 e. The lowest BCUT2D eigenvalue weighted by Crippen LogP contribution is -2.59. The summed E-state index contributed by atoms with van der Waals surface area (Å²) in [5.74, 6) is 0. The van der Waals surface area contributed by atoms with Crippen molar-refractivity contribution in [1.29, 1.82) is 0 Å². The molecule has 3 rings (SSSR count). The lowest BCUT2D eigenvalue weighted by molar-refractivity contribution is 0.0174. The molecule has 3 fully saturated rings. The van der Waals surface area contributed by atoms with E-state index < -0.39 is 0 Å². The molecule has 2 heterocycles. The van der Waals surface area contributed by atoms with Crippen LogP contribution < -0.4 is 5.32 Å². The van der Waals surface area contributed by atoms with E-state index in [1.54, 1.807) is 0 Å². The highest BCUT2D eigenvalue weighted by Crippen LogP contribution is 2.44. The molecule has 2 saturated heterocycles. The monoisotopic (exact) mass is 296 g/mol. The van der Waals surface area contributed by atoms with Gasteiger partial charge in [-0.25, -0.2) is 0 Å². The second kappa shape index (κ2) is 6.58. The van der Waals surface area contributed by atoms with Crippen LogP contribution in [-0.2, 0) is 0 Å². The first kappa shape index (κ1) is 15.2. The van der Waals surface area contributed by atoms with Gasteiger partial charge in [0.25, 0.3) is 0 Å². The predicted octanol–water partition coefficient (Wildman–Crippen LogP) is 3.66. The van der Waals surface area contributed by atoms with Crippen LogP contribution in [0.1, 0.15) is 64.7 Å². The van der Waals surface area contributed by atoms with Crippen molar-refractivity contribution in [2.24, 2.45) is 0 Å². The molecular weight excluding hydrogens is 264 g/mol. The summed E-state index contributed by atoms with van der Waals surface area (Å²) in [6, 6.07) is 2.53. The first-order valence-electron chi connectivity index (χ1n) is 8.80. The summed E-state index contributed by atoms with van der Waals surface area (Å²) in [7, 11) is 0. The zero-order valence-electron chi connectivity index (χ0n) is 13.4. The van der Waals surface area contributed by atoms with Crippen molar-refractivity contribution in [2.75, 3.05) is 19.3 Å². The molecule has 1 N–H and O–H groups in total. The van der Waals surface area contributed by atoms with E-state index in [4.69, 9.17) is 0 Å². The molecule has 0 spiro atoms. The quantitative estimate of drug-likeness (QED) is 0.833. The number of rotatable bonds is 5. The van der Waals surface area contributed by atoms with Gasteiger partial charge in [-0.05, 0) is 51.3 Å². The van der Waals surface area contributed by atoms with Crippen LogP contribution in [0.15, 0.2) is 0 Å². The highest BCUT2D eigenvalue weighted by atomic mass is 32.2. The van der Waals surface area contributed by atoms with Crippen molar-refractivity contribution < 1.29 is 0 Å². The molecule has 1 saturated carbocycles. The van der Waals surface area contributed by atoms with E-state index in [0.717, 1.165) is 24.7 Å². The fourth-order valence-electron chi connectivity index (χ4n) is 4.97. The number of fused-ring (bicyclic) bond motifs is 2. The zero-order valence-corrected chi connectivity index (χ0v) is 14.2. The Balaban J connectivity index is 1.67. The van der Waals surface area contributed by atoms with Gasteiger partial charge in [0.15, 0.2) is 0 Å². The first-order valence-corrected chi connectivity index (χ1v) is 10.0. The van der Waals surface area contributed by atoms with Gasteiger partial charge in [-0.3, -0.25) is 4.90 Å². The molecule has 2 nitrogen and oxygen atoms in total. The molecule has 2 atom stereocenters. The maximum atomic E-state index is 3.72. The van der Waals surface area contributed by atoms with Gasteiger partial charge in [-0.15, -0.1) is 0 Å². The van der Waals surface area contributed by atoms with Gasteiger partial charge >= 0.3 is 0 Å². The normalized spacial score (nSPS) is 37.2. The summed E-state index contributed by atoms with van der Waals surface area (Å²) in [5.41, 5.74) is 0. The van der Waals surface area contributed by atoms with Crippen LogP contribution in [0.4, 0.5) is 0 Å². The van der Waals surface area contributed by atoms with Crippen molar-refractivity contribution in [2.45, 2.75) is 87.6 Å². The van der Waals surface area contributed by atoms with Crippen molar-refractivity contribution in [3.63, 3.8) is 0 Å². The second-order valence-electron chi connectivity index (χ2n) is 7.23. The van der Waals surface area contributed by atoms with Crippen molar-refractivity contribution in [1.82, 2.24) is 10.2 Å². The molecule has 0 aromatic rings. The van der Waals surface area contributed by atoms with E-state index in [0.29, 0.717) is 4.75 Å². The van der Waals surface area contributed by atoms with E-state index in [9.17, 15) is 0 Å². The fourth-order valence-corrected chi connectivity index (χ4v) is 5.95. The minimum absolute atomic E-state index is 0.596. The molecule has 2 unspecified atom stereocenters. The lowest BCUT2D eigenvalue weighted by atomic mass is 9.81. The molecule has 3 heteroatoms. The molecular formula is C17H32N2S. The van der Waals surface area contributed by atoms with E-state index in [2.05, 4.69) is 35.2 Å². The van der Waals surface area contributed by atoms with Crippen LogP contribution in [-0.4, -0.2) is 47.1 Å². The van der Waals surface area contributed by atoms with Crippen LogP contribution in [0.5, 0.6) is 0 Å². The van der Waals surface area contributed by atoms with Gasteiger partial charge in [0.05, 0.1) is 0 Å². The standard InChI is InChI=1S/C17H32N2S/c1-3-18-14-11-15-7-6-8-16(12-14)19(15)13-17(20-2)9-4-5-10-17/h14-16,18H,3-13H2,1-2H3. The number of nitrogens with one attached hydrogen (secondary N) is 1. The van der Waals surface area contributed by atoms with Gasteiger partial charge in [0.2, 0.25) is 0 Å². The summed E-state index contributed by atoms with van der Waals surface area (Å²) < 4.78 is 0.596. The highest BCUT2D eigenvalue weighted by Gasteiger charge is 2.43. The number of hydrogen-bond acceptors (Lipinski definition) is 3. The lowest BCUT2D eigenvalue weighted by Gasteiger charge is -2.51. The Morgan fingerprint density at radius 1 is 1.10 bits per heavy atom. The third-order valence-corrected chi connectivity index (χ3v) is 7.44. The molecule has 2 bridgehead atoms. The SMILES string of the molecule is CCNC1CC2CCCC(C1)N2CC1(SC)CCCC1. The highest BCUT2D eigenvalue weighted by molar-refractivity contribution is 8.00. The Labute approximate surface area is 129 Å². The first-order chi connectivity index (χ1) is 9.76. The molecule has 0 aromatic heterocycles. The van der Waals surface area contributed by atoms with Gasteiger partial charge in [0.1, 0.15) is 0 Å². The molecule has 20 heavy (non-hydrogen) atoms. The Morgan fingerprint density at radius 3 is 2.30 bits per heavy atom. The molecule has 1 aliphatic carbocycles. The Morgan fingerprint density at radius 2 is 1.75 bits per heavy atom. The Kier molecular flexibility index (Phi) is 4.99. The Hall–Kier alpha value is 0.270. The van der Waals surface area contributed by atoms with Crippen molar-refractivity contribution >= 4 is 11.8 Å². The molecule has 0 radical (unpaired) electrons. The van der Waals surface area contributed by atoms with E-state index >= 15 is 0 Å². The van der Waals surface area contributed by atoms with Crippen LogP contribution in [0, 0.1) is 0 Å². The van der Waals surface area contributed by atoms with E-state index in [1.165, 1.54) is 64.3 Å². The maximum absolute atomic E-state index is 3.72.